The smallest absolute Gasteiger partial charge is 0.261 e. The molecule has 4 nitrogen and oxygen atoms in total. The lowest BCUT2D eigenvalue weighted by Gasteiger charge is -2.21. The molecule has 5 heteroatoms. The third-order valence-electron chi connectivity index (χ3n) is 3.74. The van der Waals surface area contributed by atoms with E-state index in [2.05, 4.69) is 5.32 Å². The maximum Gasteiger partial charge on any atom is 0.261 e. The van der Waals surface area contributed by atoms with Gasteiger partial charge in [0.25, 0.3) is 5.91 Å². The van der Waals surface area contributed by atoms with Crippen molar-refractivity contribution in [3.63, 3.8) is 0 Å². The second-order valence-corrected chi connectivity index (χ2v) is 5.45. The molecular weight excluding hydrogens is 309 g/mol. The molecule has 24 heavy (non-hydrogen) atoms. The van der Waals surface area contributed by atoms with E-state index in [1.54, 1.807) is 19.2 Å². The van der Waals surface area contributed by atoms with E-state index in [0.717, 1.165) is 11.3 Å². The molecule has 0 unspecified atom stereocenters. The maximum atomic E-state index is 13.7. The van der Waals surface area contributed by atoms with Gasteiger partial charge in [-0.2, -0.15) is 0 Å². The standard InChI is InChI=1S/C19H22FNO3/c1-4-17(24-18-8-6-5-7-16(18)20)19(22)21-13(2)14-9-11-15(23-3)12-10-14/h5-13,17H,4H2,1-3H3,(H,21,22)/t13-,17+/m1/s1. The Hall–Kier alpha value is -2.56. The third-order valence-corrected chi connectivity index (χ3v) is 3.74. The van der Waals surface area contributed by atoms with Crippen LogP contribution in [0.3, 0.4) is 0 Å². The van der Waals surface area contributed by atoms with Crippen LogP contribution in [0.2, 0.25) is 0 Å². The first-order chi connectivity index (χ1) is 11.5. The molecule has 1 N–H and O–H groups in total. The Morgan fingerprint density at radius 2 is 1.83 bits per heavy atom. The van der Waals surface area contributed by atoms with Gasteiger partial charge >= 0.3 is 0 Å². The van der Waals surface area contributed by atoms with Crippen LogP contribution in [0, 0.1) is 5.82 Å². The van der Waals surface area contributed by atoms with Gasteiger partial charge in [-0.1, -0.05) is 31.2 Å². The van der Waals surface area contributed by atoms with Gasteiger partial charge in [0, 0.05) is 0 Å². The summed E-state index contributed by atoms with van der Waals surface area (Å²) in [6.45, 7) is 3.71. The first-order valence-corrected chi connectivity index (χ1v) is 7.90. The Morgan fingerprint density at radius 3 is 2.42 bits per heavy atom. The van der Waals surface area contributed by atoms with Crippen molar-refractivity contribution >= 4 is 5.91 Å². The summed E-state index contributed by atoms with van der Waals surface area (Å²) in [5, 5.41) is 2.90. The minimum atomic E-state index is -0.748. The summed E-state index contributed by atoms with van der Waals surface area (Å²) in [5.74, 6) is 0.0826. The number of halogens is 1. The predicted molar refractivity (Wildman–Crippen MR) is 90.7 cm³/mol. The third kappa shape index (κ3) is 4.47. The highest BCUT2D eigenvalue weighted by Gasteiger charge is 2.21. The topological polar surface area (TPSA) is 47.6 Å². The van der Waals surface area contributed by atoms with Gasteiger partial charge in [0.1, 0.15) is 5.75 Å². The van der Waals surface area contributed by atoms with Gasteiger partial charge in [-0.15, -0.1) is 0 Å². The fourth-order valence-corrected chi connectivity index (χ4v) is 2.30. The van der Waals surface area contributed by atoms with E-state index in [1.165, 1.54) is 12.1 Å². The molecule has 2 aromatic carbocycles. The Morgan fingerprint density at radius 1 is 1.17 bits per heavy atom. The number of rotatable bonds is 7. The molecule has 0 aliphatic rings. The maximum absolute atomic E-state index is 13.7. The molecule has 1 amide bonds. The number of amides is 1. The minimum absolute atomic E-state index is 0.0802. The van der Waals surface area contributed by atoms with Crippen LogP contribution in [0.15, 0.2) is 48.5 Å². The molecule has 0 aromatic heterocycles. The molecule has 0 radical (unpaired) electrons. The van der Waals surface area contributed by atoms with Crippen LogP contribution in [-0.2, 0) is 4.79 Å². The van der Waals surface area contributed by atoms with Gasteiger partial charge in [-0.3, -0.25) is 4.79 Å². The summed E-state index contributed by atoms with van der Waals surface area (Å²) >= 11 is 0. The number of benzene rings is 2. The highest BCUT2D eigenvalue weighted by atomic mass is 19.1. The zero-order valence-corrected chi connectivity index (χ0v) is 14.1. The highest BCUT2D eigenvalue weighted by Crippen LogP contribution is 2.20. The second-order valence-electron chi connectivity index (χ2n) is 5.45. The molecule has 0 saturated heterocycles. The molecule has 2 atom stereocenters. The van der Waals surface area contributed by atoms with Crippen LogP contribution < -0.4 is 14.8 Å². The molecule has 0 bridgehead atoms. The van der Waals surface area contributed by atoms with Gasteiger partial charge < -0.3 is 14.8 Å². The normalized spacial score (nSPS) is 13.0. The lowest BCUT2D eigenvalue weighted by molar-refractivity contribution is -0.128. The number of ether oxygens (including phenoxy) is 2. The van der Waals surface area contributed by atoms with E-state index in [-0.39, 0.29) is 17.7 Å². The predicted octanol–water partition coefficient (Wildman–Crippen LogP) is 3.87. The SMILES string of the molecule is CC[C@H](Oc1ccccc1F)C(=O)N[C@H](C)c1ccc(OC)cc1. The van der Waals surface area contributed by atoms with Crippen LogP contribution in [-0.4, -0.2) is 19.1 Å². The summed E-state index contributed by atoms with van der Waals surface area (Å²) in [4.78, 5) is 12.4. The van der Waals surface area contributed by atoms with Gasteiger partial charge in [0.05, 0.1) is 13.2 Å². The van der Waals surface area contributed by atoms with Crippen molar-refractivity contribution in [3.8, 4) is 11.5 Å². The number of carbonyl (C=O) groups is 1. The zero-order chi connectivity index (χ0) is 17.5. The Kier molecular flexibility index (Phi) is 6.18. The van der Waals surface area contributed by atoms with Crippen molar-refractivity contribution in [1.29, 1.82) is 0 Å². The van der Waals surface area contributed by atoms with Gasteiger partial charge in [0.2, 0.25) is 0 Å². The first kappa shape index (κ1) is 17.8. The number of hydrogen-bond acceptors (Lipinski definition) is 3. The molecule has 0 aliphatic heterocycles. The van der Waals surface area contributed by atoms with Crippen molar-refractivity contribution in [1.82, 2.24) is 5.32 Å². The lowest BCUT2D eigenvalue weighted by Crippen LogP contribution is -2.39. The van der Waals surface area contributed by atoms with Crippen molar-refractivity contribution in [2.24, 2.45) is 0 Å². The fourth-order valence-electron chi connectivity index (χ4n) is 2.30. The zero-order valence-electron chi connectivity index (χ0n) is 14.1. The van der Waals surface area contributed by atoms with Crippen LogP contribution in [0.25, 0.3) is 0 Å². The summed E-state index contributed by atoms with van der Waals surface area (Å²) in [7, 11) is 1.60. The molecule has 0 saturated carbocycles. The molecule has 2 rings (SSSR count). The van der Waals surface area contributed by atoms with Crippen molar-refractivity contribution in [2.75, 3.05) is 7.11 Å². The summed E-state index contributed by atoms with van der Waals surface area (Å²) in [6, 6.07) is 13.3. The Balaban J connectivity index is 2.01. The number of hydrogen-bond donors (Lipinski definition) is 1. The average Bonchev–Trinajstić information content (AvgIpc) is 2.61. The first-order valence-electron chi connectivity index (χ1n) is 7.90. The van der Waals surface area contributed by atoms with E-state index < -0.39 is 11.9 Å². The van der Waals surface area contributed by atoms with E-state index >= 15 is 0 Å². The summed E-state index contributed by atoms with van der Waals surface area (Å²) in [5.41, 5.74) is 0.949. The largest absolute Gasteiger partial charge is 0.497 e. The number of nitrogens with one attached hydrogen (secondary N) is 1. The van der Waals surface area contributed by atoms with Gasteiger partial charge in [0.15, 0.2) is 17.7 Å². The van der Waals surface area contributed by atoms with Crippen LogP contribution in [0.5, 0.6) is 11.5 Å². The molecule has 0 spiro atoms. The molecular formula is C19H22FNO3. The highest BCUT2D eigenvalue weighted by molar-refractivity contribution is 5.81. The van der Waals surface area contributed by atoms with Crippen molar-refractivity contribution < 1.29 is 18.7 Å². The Labute approximate surface area is 141 Å². The number of carbonyl (C=O) groups excluding carboxylic acids is 1. The van der Waals surface area contributed by atoms with Crippen molar-refractivity contribution in [3.05, 3.63) is 59.9 Å². The average molecular weight is 331 g/mol. The van der Waals surface area contributed by atoms with E-state index in [9.17, 15) is 9.18 Å². The van der Waals surface area contributed by atoms with Gasteiger partial charge in [-0.25, -0.2) is 4.39 Å². The Bertz CT molecular complexity index is 673. The quantitative estimate of drug-likeness (QED) is 0.838. The molecule has 0 fully saturated rings. The lowest BCUT2D eigenvalue weighted by atomic mass is 10.1. The molecule has 0 heterocycles. The number of para-hydroxylation sites is 1. The summed E-state index contributed by atoms with van der Waals surface area (Å²) < 4.78 is 24.3. The monoisotopic (exact) mass is 331 g/mol. The van der Waals surface area contributed by atoms with Crippen LogP contribution in [0.4, 0.5) is 4.39 Å². The fraction of sp³-hybridized carbons (Fsp3) is 0.316. The van der Waals surface area contributed by atoms with Gasteiger partial charge in [-0.05, 0) is 43.2 Å². The van der Waals surface area contributed by atoms with E-state index in [1.807, 2.05) is 38.1 Å². The van der Waals surface area contributed by atoms with Crippen molar-refractivity contribution in [2.45, 2.75) is 32.4 Å². The minimum Gasteiger partial charge on any atom is -0.497 e. The molecule has 128 valence electrons. The van der Waals surface area contributed by atoms with Crippen LogP contribution in [0.1, 0.15) is 31.9 Å². The number of methoxy groups -OCH3 is 1. The second kappa shape index (κ2) is 8.34. The van der Waals surface area contributed by atoms with Crippen LogP contribution >= 0.6 is 0 Å². The van der Waals surface area contributed by atoms with E-state index in [0.29, 0.717) is 6.42 Å². The van der Waals surface area contributed by atoms with E-state index in [4.69, 9.17) is 9.47 Å². The molecule has 0 aliphatic carbocycles. The summed E-state index contributed by atoms with van der Waals surface area (Å²) in [6.07, 6.45) is -0.308. The molecule has 2 aromatic rings.